The van der Waals surface area contributed by atoms with Crippen molar-refractivity contribution >= 4 is 23.2 Å². The Morgan fingerprint density at radius 2 is 2.22 bits per heavy atom. The molecule has 0 radical (unpaired) electrons. The smallest absolute Gasteiger partial charge is 0.251 e. The van der Waals surface area contributed by atoms with Crippen LogP contribution in [0.2, 0.25) is 5.02 Å². The number of furan rings is 1. The number of nitrogens with one attached hydrogen (secondary N) is 1. The van der Waals surface area contributed by atoms with E-state index in [4.69, 9.17) is 21.8 Å². The van der Waals surface area contributed by atoms with Gasteiger partial charge in [-0.1, -0.05) is 11.6 Å². The summed E-state index contributed by atoms with van der Waals surface area (Å²) >= 11 is 5.80. The van der Waals surface area contributed by atoms with Crippen molar-refractivity contribution in [3.8, 4) is 0 Å². The molecule has 1 atom stereocenters. The molecule has 0 saturated carbocycles. The number of carbonyl (C=O) groups excluding carboxylic acids is 1. The molecule has 3 N–H and O–H groups in total. The molecule has 1 amide bonds. The van der Waals surface area contributed by atoms with Gasteiger partial charge in [0.25, 0.3) is 5.91 Å². The highest BCUT2D eigenvalue weighted by atomic mass is 35.5. The Hall–Kier alpha value is -1.94. The average Bonchev–Trinajstić information content (AvgIpc) is 2.86. The highest BCUT2D eigenvalue weighted by Gasteiger charge is 2.13. The summed E-state index contributed by atoms with van der Waals surface area (Å²) in [6, 6.07) is 8.16. The molecule has 0 spiro atoms. The molecule has 0 aliphatic heterocycles. The van der Waals surface area contributed by atoms with Gasteiger partial charge in [0, 0.05) is 5.56 Å². The van der Waals surface area contributed by atoms with Gasteiger partial charge in [-0.15, -0.1) is 0 Å². The van der Waals surface area contributed by atoms with E-state index in [0.717, 1.165) is 0 Å². The van der Waals surface area contributed by atoms with Gasteiger partial charge in [-0.05, 0) is 37.3 Å². The first-order chi connectivity index (χ1) is 8.58. The van der Waals surface area contributed by atoms with E-state index in [0.29, 0.717) is 22.0 Å². The Balaban J connectivity index is 2.10. The van der Waals surface area contributed by atoms with E-state index >= 15 is 0 Å². The Labute approximate surface area is 110 Å². The third-order valence-electron chi connectivity index (χ3n) is 2.58. The molecule has 0 saturated heterocycles. The zero-order valence-electron chi connectivity index (χ0n) is 9.81. The van der Waals surface area contributed by atoms with Crippen molar-refractivity contribution in [2.75, 3.05) is 5.73 Å². The number of hydrogen-bond donors (Lipinski definition) is 2. The van der Waals surface area contributed by atoms with Crippen molar-refractivity contribution in [1.29, 1.82) is 0 Å². The Morgan fingerprint density at radius 1 is 1.44 bits per heavy atom. The maximum Gasteiger partial charge on any atom is 0.251 e. The molecule has 0 fully saturated rings. The van der Waals surface area contributed by atoms with E-state index in [-0.39, 0.29) is 11.9 Å². The van der Waals surface area contributed by atoms with Gasteiger partial charge in [0.2, 0.25) is 0 Å². The van der Waals surface area contributed by atoms with Gasteiger partial charge in [0.05, 0.1) is 23.0 Å². The van der Waals surface area contributed by atoms with Gasteiger partial charge in [-0.2, -0.15) is 0 Å². The first-order valence-electron chi connectivity index (χ1n) is 5.47. The SMILES string of the molecule is C[C@@H](NC(=O)c1ccc(Cl)c(N)c1)c1ccco1. The molecular formula is C13H13ClN2O2. The van der Waals surface area contributed by atoms with Crippen molar-refractivity contribution in [3.63, 3.8) is 0 Å². The second kappa shape index (κ2) is 5.14. The van der Waals surface area contributed by atoms with E-state index in [9.17, 15) is 4.79 Å². The van der Waals surface area contributed by atoms with E-state index in [1.165, 1.54) is 0 Å². The molecule has 94 valence electrons. The number of halogens is 1. The summed E-state index contributed by atoms with van der Waals surface area (Å²) in [5, 5.41) is 3.25. The Morgan fingerprint density at radius 3 is 2.83 bits per heavy atom. The lowest BCUT2D eigenvalue weighted by Gasteiger charge is -2.11. The fourth-order valence-corrected chi connectivity index (χ4v) is 1.69. The Bertz CT molecular complexity index is 552. The van der Waals surface area contributed by atoms with E-state index in [2.05, 4.69) is 5.32 Å². The molecule has 0 bridgehead atoms. The predicted octanol–water partition coefficient (Wildman–Crippen LogP) is 3.01. The molecule has 1 heterocycles. The van der Waals surface area contributed by atoms with Gasteiger partial charge < -0.3 is 15.5 Å². The monoisotopic (exact) mass is 264 g/mol. The average molecular weight is 265 g/mol. The van der Waals surface area contributed by atoms with Gasteiger partial charge in [0.15, 0.2) is 0 Å². The quantitative estimate of drug-likeness (QED) is 0.838. The van der Waals surface area contributed by atoms with Crippen molar-refractivity contribution in [3.05, 3.63) is 52.9 Å². The molecule has 2 rings (SSSR count). The van der Waals surface area contributed by atoms with Gasteiger partial charge in [-0.25, -0.2) is 0 Å². The molecule has 0 aliphatic rings. The predicted molar refractivity (Wildman–Crippen MR) is 70.5 cm³/mol. The number of carbonyl (C=O) groups is 1. The lowest BCUT2D eigenvalue weighted by Crippen LogP contribution is -2.26. The van der Waals surface area contributed by atoms with Crippen LogP contribution in [0.5, 0.6) is 0 Å². The van der Waals surface area contributed by atoms with Crippen LogP contribution in [-0.2, 0) is 0 Å². The minimum absolute atomic E-state index is 0.204. The van der Waals surface area contributed by atoms with Crippen LogP contribution in [0.25, 0.3) is 0 Å². The zero-order chi connectivity index (χ0) is 13.1. The van der Waals surface area contributed by atoms with Crippen LogP contribution < -0.4 is 11.1 Å². The van der Waals surface area contributed by atoms with Crippen LogP contribution in [0.4, 0.5) is 5.69 Å². The molecule has 5 heteroatoms. The van der Waals surface area contributed by atoms with Crippen molar-refractivity contribution in [2.45, 2.75) is 13.0 Å². The normalized spacial score (nSPS) is 12.1. The van der Waals surface area contributed by atoms with Crippen LogP contribution >= 0.6 is 11.6 Å². The standard InChI is InChI=1S/C13H13ClN2O2/c1-8(12-3-2-6-18-12)16-13(17)9-4-5-10(14)11(15)7-9/h2-8H,15H2,1H3,(H,16,17)/t8-/m1/s1. The third-order valence-corrected chi connectivity index (χ3v) is 2.92. The summed E-state index contributed by atoms with van der Waals surface area (Å²) in [6.07, 6.45) is 1.57. The fraction of sp³-hybridized carbons (Fsp3) is 0.154. The van der Waals surface area contributed by atoms with Crippen LogP contribution in [0.3, 0.4) is 0 Å². The summed E-state index contributed by atoms with van der Waals surface area (Å²) in [4.78, 5) is 12.0. The second-order valence-electron chi connectivity index (χ2n) is 3.95. The molecule has 0 unspecified atom stereocenters. The van der Waals surface area contributed by atoms with Crippen LogP contribution in [-0.4, -0.2) is 5.91 Å². The summed E-state index contributed by atoms with van der Waals surface area (Å²) in [5.41, 5.74) is 6.51. The summed E-state index contributed by atoms with van der Waals surface area (Å²) in [5.74, 6) is 0.479. The van der Waals surface area contributed by atoms with Crippen LogP contribution in [0, 0.1) is 0 Å². The minimum Gasteiger partial charge on any atom is -0.467 e. The summed E-state index contributed by atoms with van der Waals surface area (Å²) in [6.45, 7) is 1.84. The molecule has 1 aromatic heterocycles. The topological polar surface area (TPSA) is 68.3 Å². The molecule has 18 heavy (non-hydrogen) atoms. The summed E-state index contributed by atoms with van der Waals surface area (Å²) < 4.78 is 5.21. The maximum absolute atomic E-state index is 12.0. The zero-order valence-corrected chi connectivity index (χ0v) is 10.6. The number of benzene rings is 1. The van der Waals surface area contributed by atoms with E-state index < -0.39 is 0 Å². The van der Waals surface area contributed by atoms with Gasteiger partial charge in [0.1, 0.15) is 5.76 Å². The largest absolute Gasteiger partial charge is 0.467 e. The molecule has 1 aromatic carbocycles. The van der Waals surface area contributed by atoms with Crippen molar-refractivity contribution in [2.24, 2.45) is 0 Å². The first-order valence-corrected chi connectivity index (χ1v) is 5.85. The van der Waals surface area contributed by atoms with Gasteiger partial charge in [-0.3, -0.25) is 4.79 Å². The number of nitrogen functional groups attached to an aromatic ring is 1. The number of hydrogen-bond acceptors (Lipinski definition) is 3. The first kappa shape index (κ1) is 12.5. The highest BCUT2D eigenvalue weighted by molar-refractivity contribution is 6.33. The highest BCUT2D eigenvalue weighted by Crippen LogP contribution is 2.20. The maximum atomic E-state index is 12.0. The van der Waals surface area contributed by atoms with Crippen LogP contribution in [0.15, 0.2) is 41.0 Å². The summed E-state index contributed by atoms with van der Waals surface area (Å²) in [7, 11) is 0. The lowest BCUT2D eigenvalue weighted by molar-refractivity contribution is 0.0935. The van der Waals surface area contributed by atoms with Gasteiger partial charge >= 0.3 is 0 Å². The molecule has 0 aliphatic carbocycles. The lowest BCUT2D eigenvalue weighted by atomic mass is 10.1. The second-order valence-corrected chi connectivity index (χ2v) is 4.35. The van der Waals surface area contributed by atoms with Crippen molar-refractivity contribution < 1.29 is 9.21 Å². The van der Waals surface area contributed by atoms with E-state index in [1.807, 2.05) is 6.92 Å². The molecule has 2 aromatic rings. The number of rotatable bonds is 3. The number of amides is 1. The number of anilines is 1. The van der Waals surface area contributed by atoms with Crippen molar-refractivity contribution in [1.82, 2.24) is 5.32 Å². The molecule has 4 nitrogen and oxygen atoms in total. The fourth-order valence-electron chi connectivity index (χ4n) is 1.57. The minimum atomic E-state index is -0.220. The van der Waals surface area contributed by atoms with Crippen LogP contribution in [0.1, 0.15) is 29.1 Å². The third kappa shape index (κ3) is 2.65. The Kier molecular flexibility index (Phi) is 3.58. The molecular weight excluding hydrogens is 252 g/mol. The number of nitrogens with two attached hydrogens (primary N) is 1. The van der Waals surface area contributed by atoms with E-state index in [1.54, 1.807) is 36.6 Å².